The molecule has 29 heavy (non-hydrogen) atoms. The van der Waals surface area contributed by atoms with Crippen LogP contribution in [0.15, 0.2) is 59.0 Å². The topological polar surface area (TPSA) is 78.1 Å². The summed E-state index contributed by atoms with van der Waals surface area (Å²) in [4.78, 5) is 10.5. The zero-order chi connectivity index (χ0) is 21.0. The van der Waals surface area contributed by atoms with Gasteiger partial charge in [-0.05, 0) is 42.3 Å². The predicted octanol–water partition coefficient (Wildman–Crippen LogP) is 5.79. The van der Waals surface area contributed by atoms with Gasteiger partial charge in [-0.1, -0.05) is 24.3 Å². The van der Waals surface area contributed by atoms with Gasteiger partial charge in [0.1, 0.15) is 23.9 Å². The molecule has 0 amide bonds. The van der Waals surface area contributed by atoms with Crippen molar-refractivity contribution < 1.29 is 41.7 Å². The van der Waals surface area contributed by atoms with Crippen LogP contribution in [0.4, 0.5) is 18.0 Å². The summed E-state index contributed by atoms with van der Waals surface area (Å²) in [6.07, 6.45) is -6.20. The highest BCUT2D eigenvalue weighted by atomic mass is 19.4. The number of benzene rings is 2. The Morgan fingerprint density at radius 3 is 2.07 bits per heavy atom. The minimum absolute atomic E-state index is 0.137. The highest BCUT2D eigenvalue weighted by Crippen LogP contribution is 2.28. The van der Waals surface area contributed by atoms with Crippen molar-refractivity contribution in [1.82, 2.24) is 0 Å². The quantitative estimate of drug-likeness (QED) is 0.520. The summed E-state index contributed by atoms with van der Waals surface area (Å²) in [5.74, 6) is 0.593. The number of carbonyl (C=O) groups is 1. The number of hydrogen-bond donors (Lipinski definition) is 1. The zero-order valence-corrected chi connectivity index (χ0v) is 15.0. The summed E-state index contributed by atoms with van der Waals surface area (Å²) in [5.41, 5.74) is 2.13. The lowest BCUT2D eigenvalue weighted by Crippen LogP contribution is -2.16. The van der Waals surface area contributed by atoms with Gasteiger partial charge < -0.3 is 23.7 Å². The lowest BCUT2D eigenvalue weighted by atomic mass is 10.1. The number of rotatable bonds is 6. The molecule has 0 unspecified atom stereocenters. The summed E-state index contributed by atoms with van der Waals surface area (Å²) in [6.45, 7) is 1.80. The molecule has 9 heteroatoms. The second-order valence-electron chi connectivity index (χ2n) is 5.90. The third kappa shape index (κ3) is 5.68. The van der Waals surface area contributed by atoms with Crippen molar-refractivity contribution >= 4 is 6.16 Å². The van der Waals surface area contributed by atoms with Crippen LogP contribution >= 0.6 is 0 Å². The first-order valence-corrected chi connectivity index (χ1v) is 8.29. The van der Waals surface area contributed by atoms with Crippen LogP contribution in [0.25, 0.3) is 11.1 Å². The first kappa shape index (κ1) is 20.1. The first-order chi connectivity index (χ1) is 13.7. The third-order valence-corrected chi connectivity index (χ3v) is 3.86. The Bertz CT molecular complexity index is 975. The van der Waals surface area contributed by atoms with Gasteiger partial charge in [-0.3, -0.25) is 0 Å². The SMILES string of the molecule is Cc1oc(OC(=O)O)cc1COc1ccc(-c2ccc(OC(F)(F)F)cc2)cc1. The molecule has 0 aliphatic carbocycles. The largest absolute Gasteiger partial charge is 0.573 e. The molecule has 2 aromatic carbocycles. The fourth-order valence-corrected chi connectivity index (χ4v) is 2.52. The molecule has 0 saturated carbocycles. The molecule has 0 atom stereocenters. The zero-order valence-electron chi connectivity index (χ0n) is 15.0. The lowest BCUT2D eigenvalue weighted by Gasteiger charge is -2.10. The monoisotopic (exact) mass is 408 g/mol. The maximum atomic E-state index is 12.2. The number of furan rings is 1. The van der Waals surface area contributed by atoms with Crippen LogP contribution in [-0.4, -0.2) is 17.6 Å². The number of hydrogen-bond acceptors (Lipinski definition) is 5. The van der Waals surface area contributed by atoms with Gasteiger partial charge in [0, 0.05) is 11.6 Å². The third-order valence-electron chi connectivity index (χ3n) is 3.86. The van der Waals surface area contributed by atoms with Crippen LogP contribution in [0.2, 0.25) is 0 Å². The Labute approximate surface area is 163 Å². The standard InChI is InChI=1S/C20H15F3O6/c1-12-15(10-18(27-12)28-19(24)25)11-26-16-6-2-13(3-7-16)14-4-8-17(9-5-14)29-20(21,22)23/h2-10H,11H2,1H3,(H,24,25). The molecule has 6 nitrogen and oxygen atoms in total. The van der Waals surface area contributed by atoms with Crippen LogP contribution in [0.1, 0.15) is 11.3 Å². The van der Waals surface area contributed by atoms with E-state index < -0.39 is 12.5 Å². The molecular formula is C20H15F3O6. The molecule has 0 aliphatic heterocycles. The van der Waals surface area contributed by atoms with Crippen molar-refractivity contribution in [2.75, 3.05) is 0 Å². The average molecular weight is 408 g/mol. The summed E-state index contributed by atoms with van der Waals surface area (Å²) in [6, 6.07) is 13.9. The van der Waals surface area contributed by atoms with Crippen LogP contribution in [0, 0.1) is 6.92 Å². The maximum absolute atomic E-state index is 12.2. The van der Waals surface area contributed by atoms with Crippen molar-refractivity contribution in [3.05, 3.63) is 65.9 Å². The first-order valence-electron chi connectivity index (χ1n) is 8.29. The highest BCUT2D eigenvalue weighted by molar-refractivity contribution is 5.65. The van der Waals surface area contributed by atoms with Gasteiger partial charge in [0.05, 0.1) is 0 Å². The van der Waals surface area contributed by atoms with Gasteiger partial charge in [0.25, 0.3) is 5.95 Å². The second kappa shape index (κ2) is 8.17. The summed E-state index contributed by atoms with van der Waals surface area (Å²) >= 11 is 0. The molecular weight excluding hydrogens is 393 g/mol. The molecule has 0 spiro atoms. The van der Waals surface area contributed by atoms with Crippen LogP contribution in [-0.2, 0) is 6.61 Å². The van der Waals surface area contributed by atoms with Crippen LogP contribution < -0.4 is 14.2 Å². The number of aryl methyl sites for hydroxylation is 1. The van der Waals surface area contributed by atoms with Crippen LogP contribution in [0.5, 0.6) is 17.4 Å². The highest BCUT2D eigenvalue weighted by Gasteiger charge is 2.30. The minimum Gasteiger partial charge on any atom is -0.489 e. The van der Waals surface area contributed by atoms with Crippen molar-refractivity contribution in [2.24, 2.45) is 0 Å². The molecule has 1 aromatic heterocycles. The summed E-state index contributed by atoms with van der Waals surface area (Å²) in [7, 11) is 0. The fraction of sp³-hybridized carbons (Fsp3) is 0.150. The number of alkyl halides is 3. The van der Waals surface area contributed by atoms with E-state index >= 15 is 0 Å². The Morgan fingerprint density at radius 1 is 1.00 bits per heavy atom. The van der Waals surface area contributed by atoms with Gasteiger partial charge in [0.15, 0.2) is 0 Å². The molecule has 0 radical (unpaired) electrons. The van der Waals surface area contributed by atoms with Gasteiger partial charge >= 0.3 is 12.5 Å². The molecule has 0 aliphatic rings. The Morgan fingerprint density at radius 2 is 1.55 bits per heavy atom. The Hall–Kier alpha value is -3.62. The number of carboxylic acid groups (broad SMARTS) is 1. The van der Waals surface area contributed by atoms with Crippen molar-refractivity contribution in [3.8, 4) is 28.6 Å². The summed E-state index contributed by atoms with van der Waals surface area (Å²) < 4.78 is 55.7. The Kier molecular flexibility index (Phi) is 5.67. The lowest BCUT2D eigenvalue weighted by molar-refractivity contribution is -0.274. The van der Waals surface area contributed by atoms with Crippen molar-refractivity contribution in [1.29, 1.82) is 0 Å². The number of ether oxygens (including phenoxy) is 3. The van der Waals surface area contributed by atoms with Gasteiger partial charge in [-0.15, -0.1) is 13.2 Å². The molecule has 0 saturated heterocycles. The van der Waals surface area contributed by atoms with E-state index in [1.54, 1.807) is 31.2 Å². The number of halogens is 3. The predicted molar refractivity (Wildman–Crippen MR) is 95.0 cm³/mol. The van der Waals surface area contributed by atoms with E-state index in [0.717, 1.165) is 5.56 Å². The summed E-state index contributed by atoms with van der Waals surface area (Å²) in [5, 5.41) is 8.59. The van der Waals surface area contributed by atoms with E-state index in [0.29, 0.717) is 22.6 Å². The van der Waals surface area contributed by atoms with Gasteiger partial charge in [0.2, 0.25) is 0 Å². The van der Waals surface area contributed by atoms with E-state index in [1.165, 1.54) is 30.3 Å². The normalized spacial score (nSPS) is 11.2. The molecule has 0 fully saturated rings. The smallest absolute Gasteiger partial charge is 0.489 e. The van der Waals surface area contributed by atoms with E-state index in [-0.39, 0.29) is 18.3 Å². The van der Waals surface area contributed by atoms with E-state index in [4.69, 9.17) is 14.3 Å². The molecule has 152 valence electrons. The van der Waals surface area contributed by atoms with Crippen molar-refractivity contribution in [2.45, 2.75) is 19.9 Å². The molecule has 3 rings (SSSR count). The Balaban J connectivity index is 1.62. The van der Waals surface area contributed by atoms with E-state index in [9.17, 15) is 18.0 Å². The molecule has 0 bridgehead atoms. The molecule has 1 N–H and O–H groups in total. The fourth-order valence-electron chi connectivity index (χ4n) is 2.52. The van der Waals surface area contributed by atoms with E-state index in [1.807, 2.05) is 0 Å². The second-order valence-corrected chi connectivity index (χ2v) is 5.90. The minimum atomic E-state index is -4.73. The maximum Gasteiger partial charge on any atom is 0.573 e. The molecule has 1 heterocycles. The van der Waals surface area contributed by atoms with Gasteiger partial charge in [-0.2, -0.15) is 0 Å². The van der Waals surface area contributed by atoms with Gasteiger partial charge in [-0.25, -0.2) is 4.79 Å². The van der Waals surface area contributed by atoms with Crippen LogP contribution in [0.3, 0.4) is 0 Å². The average Bonchev–Trinajstić information content (AvgIpc) is 2.98. The van der Waals surface area contributed by atoms with Crippen molar-refractivity contribution in [3.63, 3.8) is 0 Å². The van der Waals surface area contributed by atoms with E-state index in [2.05, 4.69) is 9.47 Å². The molecule has 3 aromatic rings.